The molecule has 0 bridgehead atoms. The molecule has 5 nitrogen and oxygen atoms in total. The number of anilines is 1. The molecule has 6 heteroatoms. The fourth-order valence-electron chi connectivity index (χ4n) is 2.29. The lowest BCUT2D eigenvalue weighted by Gasteiger charge is -2.14. The number of rotatable bonds is 3. The Bertz CT molecular complexity index is 699. The van der Waals surface area contributed by atoms with Crippen LogP contribution >= 0.6 is 11.3 Å². The maximum absolute atomic E-state index is 5.21. The molecule has 3 heterocycles. The Morgan fingerprint density at radius 2 is 2.16 bits per heavy atom. The number of nitrogens with one attached hydrogen (secondary N) is 1. The quantitative estimate of drug-likeness (QED) is 0.792. The van der Waals surface area contributed by atoms with Gasteiger partial charge in [0.2, 0.25) is 0 Å². The van der Waals surface area contributed by atoms with Gasteiger partial charge in [-0.25, -0.2) is 9.97 Å². The topological polar surface area (TPSA) is 63.8 Å². The van der Waals surface area contributed by atoms with E-state index in [0.29, 0.717) is 0 Å². The Labute approximate surface area is 114 Å². The molecule has 0 aliphatic carbocycles. The van der Waals surface area contributed by atoms with Crippen LogP contribution in [0.4, 0.5) is 5.82 Å². The highest BCUT2D eigenvalue weighted by atomic mass is 32.1. The third-order valence-corrected chi connectivity index (χ3v) is 3.96. The molecule has 0 amide bonds. The number of hydrogen-bond donors (Lipinski definition) is 1. The van der Waals surface area contributed by atoms with Crippen LogP contribution in [0, 0.1) is 13.8 Å². The minimum absolute atomic E-state index is 0.0873. The Morgan fingerprint density at radius 1 is 1.32 bits per heavy atom. The maximum Gasteiger partial charge on any atom is 0.139 e. The van der Waals surface area contributed by atoms with Gasteiger partial charge >= 0.3 is 0 Å². The molecule has 19 heavy (non-hydrogen) atoms. The van der Waals surface area contributed by atoms with Crippen LogP contribution in [-0.4, -0.2) is 15.1 Å². The first kappa shape index (κ1) is 12.1. The van der Waals surface area contributed by atoms with Crippen LogP contribution in [-0.2, 0) is 0 Å². The Morgan fingerprint density at radius 3 is 2.89 bits per heavy atom. The molecular formula is C13H14N4OS. The second-order valence-corrected chi connectivity index (χ2v) is 5.36. The van der Waals surface area contributed by atoms with Crippen molar-refractivity contribution in [1.29, 1.82) is 0 Å². The summed E-state index contributed by atoms with van der Waals surface area (Å²) in [6.07, 6.45) is 1.58. The molecule has 1 atom stereocenters. The van der Waals surface area contributed by atoms with Crippen molar-refractivity contribution in [3.8, 4) is 0 Å². The molecule has 0 saturated carbocycles. The summed E-state index contributed by atoms with van der Waals surface area (Å²) >= 11 is 1.61. The number of thiophene rings is 1. The van der Waals surface area contributed by atoms with E-state index in [4.69, 9.17) is 4.52 Å². The SMILES string of the molecule is Cc1noc(C)c1C(C)Nc1ncnc2sccc12. The fraction of sp³-hybridized carbons (Fsp3) is 0.308. The van der Waals surface area contributed by atoms with Gasteiger partial charge in [-0.2, -0.15) is 0 Å². The monoisotopic (exact) mass is 274 g/mol. The number of aryl methyl sites for hydroxylation is 2. The highest BCUT2D eigenvalue weighted by Gasteiger charge is 2.17. The molecule has 0 radical (unpaired) electrons. The Kier molecular flexibility index (Phi) is 2.94. The Hall–Kier alpha value is -1.95. The first-order chi connectivity index (χ1) is 9.16. The standard InChI is InChI=1S/C13H14N4OS/c1-7(11-8(2)17-18-9(11)3)16-12-10-4-5-19-13(10)15-6-14-12/h4-7H,1-3H3,(H,14,15,16). The van der Waals surface area contributed by atoms with Crippen molar-refractivity contribution in [3.63, 3.8) is 0 Å². The maximum atomic E-state index is 5.21. The normalized spacial score (nSPS) is 12.8. The summed E-state index contributed by atoms with van der Waals surface area (Å²) in [5.41, 5.74) is 2.00. The predicted molar refractivity (Wildman–Crippen MR) is 75.4 cm³/mol. The van der Waals surface area contributed by atoms with Crippen molar-refractivity contribution in [2.24, 2.45) is 0 Å². The lowest BCUT2D eigenvalue weighted by molar-refractivity contribution is 0.392. The molecule has 0 aliphatic heterocycles. The van der Waals surface area contributed by atoms with Crippen LogP contribution in [0.15, 0.2) is 22.3 Å². The smallest absolute Gasteiger partial charge is 0.139 e. The molecule has 98 valence electrons. The Balaban J connectivity index is 1.95. The highest BCUT2D eigenvalue weighted by Crippen LogP contribution is 2.29. The van der Waals surface area contributed by atoms with Crippen molar-refractivity contribution >= 4 is 27.4 Å². The minimum atomic E-state index is 0.0873. The molecule has 0 fully saturated rings. The number of fused-ring (bicyclic) bond motifs is 1. The molecule has 1 unspecified atom stereocenters. The van der Waals surface area contributed by atoms with Crippen LogP contribution in [0.2, 0.25) is 0 Å². The van der Waals surface area contributed by atoms with Crippen LogP contribution in [0.3, 0.4) is 0 Å². The summed E-state index contributed by atoms with van der Waals surface area (Å²) in [6, 6.07) is 2.12. The minimum Gasteiger partial charge on any atom is -0.363 e. The molecular weight excluding hydrogens is 260 g/mol. The van der Waals surface area contributed by atoms with Gasteiger partial charge in [0.25, 0.3) is 0 Å². The lowest BCUT2D eigenvalue weighted by atomic mass is 10.1. The largest absolute Gasteiger partial charge is 0.363 e. The van der Waals surface area contributed by atoms with E-state index in [1.807, 2.05) is 25.3 Å². The van der Waals surface area contributed by atoms with Crippen molar-refractivity contribution < 1.29 is 4.52 Å². The molecule has 3 rings (SSSR count). The van der Waals surface area contributed by atoms with Crippen LogP contribution in [0.1, 0.15) is 30.0 Å². The summed E-state index contributed by atoms with van der Waals surface area (Å²) in [4.78, 5) is 9.55. The van der Waals surface area contributed by atoms with E-state index in [9.17, 15) is 0 Å². The lowest BCUT2D eigenvalue weighted by Crippen LogP contribution is -2.09. The van der Waals surface area contributed by atoms with Gasteiger partial charge in [-0.3, -0.25) is 0 Å². The van der Waals surface area contributed by atoms with Crippen LogP contribution in [0.25, 0.3) is 10.2 Å². The average Bonchev–Trinajstić information content (AvgIpc) is 2.97. The van der Waals surface area contributed by atoms with E-state index >= 15 is 0 Å². The van der Waals surface area contributed by atoms with Crippen molar-refractivity contribution in [2.45, 2.75) is 26.8 Å². The first-order valence-corrected chi connectivity index (χ1v) is 6.92. The van der Waals surface area contributed by atoms with Gasteiger partial charge in [0.15, 0.2) is 0 Å². The zero-order chi connectivity index (χ0) is 13.4. The van der Waals surface area contributed by atoms with Crippen LogP contribution in [0.5, 0.6) is 0 Å². The van der Waals surface area contributed by atoms with E-state index in [1.54, 1.807) is 17.7 Å². The molecule has 0 spiro atoms. The predicted octanol–water partition coefficient (Wildman–Crippen LogP) is 3.47. The van der Waals surface area contributed by atoms with Crippen molar-refractivity contribution in [3.05, 3.63) is 34.8 Å². The molecule has 3 aromatic heterocycles. The molecule has 3 aromatic rings. The van der Waals surface area contributed by atoms with Gasteiger partial charge in [-0.15, -0.1) is 11.3 Å². The van der Waals surface area contributed by atoms with Gasteiger partial charge in [0, 0.05) is 5.56 Å². The number of hydrogen-bond acceptors (Lipinski definition) is 6. The summed E-state index contributed by atoms with van der Waals surface area (Å²) in [5.74, 6) is 1.69. The number of nitrogens with zero attached hydrogens (tertiary/aromatic N) is 3. The van der Waals surface area contributed by atoms with E-state index in [-0.39, 0.29) is 6.04 Å². The van der Waals surface area contributed by atoms with Crippen molar-refractivity contribution in [2.75, 3.05) is 5.32 Å². The van der Waals surface area contributed by atoms with Crippen molar-refractivity contribution in [1.82, 2.24) is 15.1 Å². The third kappa shape index (κ3) is 2.08. The van der Waals surface area contributed by atoms with E-state index in [0.717, 1.165) is 33.1 Å². The van der Waals surface area contributed by atoms with Crippen LogP contribution < -0.4 is 5.32 Å². The third-order valence-electron chi connectivity index (χ3n) is 3.14. The summed E-state index contributed by atoms with van der Waals surface area (Å²) in [6.45, 7) is 5.95. The van der Waals surface area contributed by atoms with Gasteiger partial charge in [-0.1, -0.05) is 5.16 Å². The summed E-state index contributed by atoms with van der Waals surface area (Å²) in [7, 11) is 0. The average molecular weight is 274 g/mol. The first-order valence-electron chi connectivity index (χ1n) is 6.04. The van der Waals surface area contributed by atoms with E-state index < -0.39 is 0 Å². The van der Waals surface area contributed by atoms with Gasteiger partial charge in [-0.05, 0) is 32.2 Å². The summed E-state index contributed by atoms with van der Waals surface area (Å²) in [5, 5.41) is 10.5. The van der Waals surface area contributed by atoms with E-state index in [1.165, 1.54) is 0 Å². The highest BCUT2D eigenvalue weighted by molar-refractivity contribution is 7.16. The molecule has 0 saturated heterocycles. The second kappa shape index (κ2) is 4.62. The fourth-order valence-corrected chi connectivity index (χ4v) is 3.02. The molecule has 1 N–H and O–H groups in total. The molecule has 0 aromatic carbocycles. The second-order valence-electron chi connectivity index (χ2n) is 4.47. The number of aromatic nitrogens is 3. The van der Waals surface area contributed by atoms with E-state index in [2.05, 4.69) is 27.4 Å². The van der Waals surface area contributed by atoms with Gasteiger partial charge in [0.1, 0.15) is 22.7 Å². The summed E-state index contributed by atoms with van der Waals surface area (Å²) < 4.78 is 5.21. The molecule has 0 aliphatic rings. The van der Waals surface area contributed by atoms with Gasteiger partial charge in [0.05, 0.1) is 17.1 Å². The zero-order valence-electron chi connectivity index (χ0n) is 11.0. The van der Waals surface area contributed by atoms with Gasteiger partial charge < -0.3 is 9.84 Å². The zero-order valence-corrected chi connectivity index (χ0v) is 11.8.